The second-order valence-electron chi connectivity index (χ2n) is 9.98. The summed E-state index contributed by atoms with van der Waals surface area (Å²) in [5, 5.41) is 9.80. The first-order valence-corrected chi connectivity index (χ1v) is 12.1. The van der Waals surface area contributed by atoms with Crippen molar-refractivity contribution in [1.29, 1.82) is 0 Å². The zero-order chi connectivity index (χ0) is 24.1. The summed E-state index contributed by atoms with van der Waals surface area (Å²) in [7, 11) is 0. The molecule has 10 heteroatoms. The van der Waals surface area contributed by atoms with Gasteiger partial charge in [-0.1, -0.05) is 0 Å². The monoisotopic (exact) mass is 481 g/mol. The highest BCUT2D eigenvalue weighted by Gasteiger charge is 2.51. The molecule has 4 fully saturated rings. The van der Waals surface area contributed by atoms with Crippen LogP contribution in [0.1, 0.15) is 50.5 Å². The normalized spacial score (nSPS) is 30.4. The first-order chi connectivity index (χ1) is 16.2. The second kappa shape index (κ2) is 8.62. The zero-order valence-electron chi connectivity index (χ0n) is 19.0. The molecule has 5 rings (SSSR count). The highest BCUT2D eigenvalue weighted by atomic mass is 19.4. The fourth-order valence-electron chi connectivity index (χ4n) is 6.10. The van der Waals surface area contributed by atoms with Crippen LogP contribution in [0, 0.1) is 5.41 Å². The van der Waals surface area contributed by atoms with Gasteiger partial charge in [0, 0.05) is 37.1 Å². The van der Waals surface area contributed by atoms with Gasteiger partial charge in [-0.25, -0.2) is 4.79 Å². The Kier molecular flexibility index (Phi) is 5.90. The number of hydrogen-bond acceptors (Lipinski definition) is 5. The van der Waals surface area contributed by atoms with Crippen LogP contribution >= 0.6 is 0 Å². The number of carbonyl (C=O) groups excluding carboxylic acids is 2. The van der Waals surface area contributed by atoms with Crippen molar-refractivity contribution < 1.29 is 32.6 Å². The lowest BCUT2D eigenvalue weighted by molar-refractivity contribution is -0.139. The van der Waals surface area contributed by atoms with Crippen LogP contribution in [0.15, 0.2) is 18.2 Å². The molecule has 1 aliphatic carbocycles. The number of benzene rings is 1. The molecular weight excluding hydrogens is 451 g/mol. The van der Waals surface area contributed by atoms with Crippen molar-refractivity contribution in [2.24, 2.45) is 5.41 Å². The molecule has 1 unspecified atom stereocenters. The highest BCUT2D eigenvalue weighted by molar-refractivity contribution is 5.90. The Morgan fingerprint density at radius 3 is 2.47 bits per heavy atom. The Hall–Kier alpha value is -2.49. The zero-order valence-corrected chi connectivity index (χ0v) is 19.0. The van der Waals surface area contributed by atoms with Gasteiger partial charge in [0.15, 0.2) is 0 Å². The summed E-state index contributed by atoms with van der Waals surface area (Å²) < 4.78 is 47.1. The maximum atomic E-state index is 14.1. The molecule has 3 heterocycles. The van der Waals surface area contributed by atoms with Crippen LogP contribution in [0.2, 0.25) is 0 Å². The molecule has 1 atom stereocenters. The largest absolute Gasteiger partial charge is 0.447 e. The van der Waals surface area contributed by atoms with Gasteiger partial charge >= 0.3 is 12.3 Å². The van der Waals surface area contributed by atoms with Crippen LogP contribution in [0.4, 0.5) is 29.3 Å². The van der Waals surface area contributed by atoms with Crippen LogP contribution in [0.25, 0.3) is 0 Å². The molecule has 3 saturated heterocycles. The number of alkyl halides is 3. The third-order valence-electron chi connectivity index (χ3n) is 7.93. The van der Waals surface area contributed by atoms with Gasteiger partial charge in [0.25, 0.3) is 0 Å². The Balaban J connectivity index is 1.39. The fraction of sp³-hybridized carbons (Fsp3) is 0.667. The summed E-state index contributed by atoms with van der Waals surface area (Å²) in [5.74, 6) is 0.0450. The minimum Gasteiger partial charge on any atom is -0.447 e. The predicted molar refractivity (Wildman–Crippen MR) is 119 cm³/mol. The number of hydrogen-bond donors (Lipinski definition) is 1. The van der Waals surface area contributed by atoms with E-state index in [4.69, 9.17) is 4.74 Å². The van der Waals surface area contributed by atoms with Crippen molar-refractivity contribution in [2.45, 2.75) is 63.3 Å². The minimum absolute atomic E-state index is 0.0450. The first kappa shape index (κ1) is 23.3. The molecule has 3 aliphatic heterocycles. The van der Waals surface area contributed by atoms with Crippen molar-refractivity contribution in [2.75, 3.05) is 42.6 Å². The van der Waals surface area contributed by atoms with E-state index in [1.807, 2.05) is 4.90 Å². The maximum Gasteiger partial charge on any atom is 0.418 e. The van der Waals surface area contributed by atoms with E-state index in [2.05, 4.69) is 0 Å². The van der Waals surface area contributed by atoms with Gasteiger partial charge in [-0.3, -0.25) is 9.69 Å². The van der Waals surface area contributed by atoms with Gasteiger partial charge in [0.1, 0.15) is 6.61 Å². The van der Waals surface area contributed by atoms with E-state index in [0.717, 1.165) is 18.9 Å². The standard InChI is InChI=1S/C24H30F3N3O4/c25-24(26,27)19-14-17(30-12-13-34-22(30)33)4-7-20(19)28-10-1-8-23(15-28)9-11-29(21(23)32)16-2-5-18(31)6-3-16/h4,7,14,16,18,31H,1-3,5-6,8-13,15H2/t16-,18-,23?. The molecule has 7 nitrogen and oxygen atoms in total. The molecular formula is C24H30F3N3O4. The van der Waals surface area contributed by atoms with Gasteiger partial charge in [-0.05, 0) is 63.1 Å². The lowest BCUT2D eigenvalue weighted by Crippen LogP contribution is -2.50. The highest BCUT2D eigenvalue weighted by Crippen LogP contribution is 2.46. The minimum atomic E-state index is -4.60. The molecule has 34 heavy (non-hydrogen) atoms. The van der Waals surface area contributed by atoms with E-state index in [9.17, 15) is 27.9 Å². The van der Waals surface area contributed by atoms with E-state index in [1.165, 1.54) is 17.0 Å². The van der Waals surface area contributed by atoms with Crippen LogP contribution in [0.3, 0.4) is 0 Å². The number of piperidine rings is 1. The number of nitrogens with zero attached hydrogens (tertiary/aromatic N) is 3. The molecule has 1 spiro atoms. The third kappa shape index (κ3) is 4.10. The third-order valence-corrected chi connectivity index (χ3v) is 7.93. The number of carbonyl (C=O) groups is 2. The summed E-state index contributed by atoms with van der Waals surface area (Å²) in [6, 6.07) is 4.06. The van der Waals surface area contributed by atoms with E-state index in [0.29, 0.717) is 45.2 Å². The Labute approximate surface area is 196 Å². The molecule has 1 N–H and O–H groups in total. The topological polar surface area (TPSA) is 73.3 Å². The number of aliphatic hydroxyl groups excluding tert-OH is 1. The van der Waals surface area contributed by atoms with Crippen LogP contribution in [-0.4, -0.2) is 66.9 Å². The Morgan fingerprint density at radius 2 is 1.79 bits per heavy atom. The van der Waals surface area contributed by atoms with Gasteiger partial charge in [0.2, 0.25) is 5.91 Å². The predicted octanol–water partition coefficient (Wildman–Crippen LogP) is 3.78. The number of anilines is 2. The van der Waals surface area contributed by atoms with Crippen molar-refractivity contribution in [3.8, 4) is 0 Å². The molecule has 1 aromatic rings. The van der Waals surface area contributed by atoms with E-state index in [-0.39, 0.29) is 49.1 Å². The van der Waals surface area contributed by atoms with Crippen LogP contribution in [0.5, 0.6) is 0 Å². The van der Waals surface area contributed by atoms with Gasteiger partial charge in [0.05, 0.1) is 23.6 Å². The number of likely N-dealkylation sites (tertiary alicyclic amines) is 1. The number of rotatable bonds is 3. The van der Waals surface area contributed by atoms with E-state index in [1.54, 1.807) is 4.90 Å². The Morgan fingerprint density at radius 1 is 1.03 bits per heavy atom. The number of aliphatic hydroxyl groups is 1. The lowest BCUT2D eigenvalue weighted by Gasteiger charge is -2.42. The number of cyclic esters (lactones) is 1. The molecule has 0 radical (unpaired) electrons. The van der Waals surface area contributed by atoms with Crippen molar-refractivity contribution in [1.82, 2.24) is 4.90 Å². The van der Waals surface area contributed by atoms with Gasteiger partial charge in [-0.15, -0.1) is 0 Å². The summed E-state index contributed by atoms with van der Waals surface area (Å²) in [6.45, 7) is 1.68. The number of amides is 2. The van der Waals surface area contributed by atoms with Gasteiger partial charge < -0.3 is 19.6 Å². The molecule has 1 saturated carbocycles. The summed E-state index contributed by atoms with van der Waals surface area (Å²) in [5.41, 5.74) is -1.26. The van der Waals surface area contributed by atoms with E-state index < -0.39 is 23.2 Å². The van der Waals surface area contributed by atoms with Crippen molar-refractivity contribution in [3.63, 3.8) is 0 Å². The SMILES string of the molecule is O=C1OCCN1c1ccc(N2CCCC3(CCN([C@H]4CC[C@H](O)CC4)C3=O)C2)c(C(F)(F)F)c1. The summed E-state index contributed by atoms with van der Waals surface area (Å²) in [6.07, 6.45) is -0.707. The van der Waals surface area contributed by atoms with Crippen molar-refractivity contribution in [3.05, 3.63) is 23.8 Å². The van der Waals surface area contributed by atoms with E-state index >= 15 is 0 Å². The quantitative estimate of drug-likeness (QED) is 0.712. The fourth-order valence-corrected chi connectivity index (χ4v) is 6.10. The van der Waals surface area contributed by atoms with Crippen LogP contribution in [-0.2, 0) is 15.7 Å². The first-order valence-electron chi connectivity index (χ1n) is 12.1. The summed E-state index contributed by atoms with van der Waals surface area (Å²) in [4.78, 5) is 30.2. The van der Waals surface area contributed by atoms with Gasteiger partial charge in [-0.2, -0.15) is 13.2 Å². The molecule has 186 valence electrons. The van der Waals surface area contributed by atoms with Crippen LogP contribution < -0.4 is 9.80 Å². The molecule has 4 aliphatic rings. The number of ether oxygens (including phenoxy) is 1. The molecule has 1 aromatic carbocycles. The smallest absolute Gasteiger partial charge is 0.418 e. The summed E-state index contributed by atoms with van der Waals surface area (Å²) >= 11 is 0. The molecule has 0 bridgehead atoms. The number of halogens is 3. The molecule has 0 aromatic heterocycles. The maximum absolute atomic E-state index is 14.1. The lowest BCUT2D eigenvalue weighted by atomic mass is 9.78. The molecule has 2 amide bonds. The average molecular weight is 482 g/mol. The Bertz CT molecular complexity index is 963. The van der Waals surface area contributed by atoms with Crippen molar-refractivity contribution >= 4 is 23.4 Å². The second-order valence-corrected chi connectivity index (χ2v) is 9.98. The average Bonchev–Trinajstić information content (AvgIpc) is 3.37.